The van der Waals surface area contributed by atoms with Gasteiger partial charge in [0.2, 0.25) is 11.8 Å². The first kappa shape index (κ1) is 31.7. The molecule has 1 fully saturated rings. The van der Waals surface area contributed by atoms with Crippen molar-refractivity contribution in [3.63, 3.8) is 0 Å². The standard InChI is InChI=1S/C31H35Cl2N3O5S/c1-21-8-15-27(16-9-21)42(39,40)36(25-11-13-26(41-3)14-12-25)20-30(37)35(19-23-10-17-28(32)29(33)18-23)22(2)31(38)34-24-6-4-5-7-24/h8-18,22,24H,4-7,19-20H2,1-3H3,(H,34,38)/t22-/m1/s1. The monoisotopic (exact) mass is 631 g/mol. The maximum atomic E-state index is 14.1. The second-order valence-electron chi connectivity index (χ2n) is 10.5. The first-order chi connectivity index (χ1) is 20.0. The molecule has 1 aliphatic carbocycles. The van der Waals surface area contributed by atoms with Gasteiger partial charge in [-0.15, -0.1) is 0 Å². The van der Waals surface area contributed by atoms with E-state index in [9.17, 15) is 18.0 Å². The van der Waals surface area contributed by atoms with Crippen LogP contribution in [-0.4, -0.2) is 50.9 Å². The van der Waals surface area contributed by atoms with E-state index in [1.165, 1.54) is 24.1 Å². The van der Waals surface area contributed by atoms with Crippen molar-refractivity contribution < 1.29 is 22.7 Å². The van der Waals surface area contributed by atoms with Crippen molar-refractivity contribution >= 4 is 50.7 Å². The summed E-state index contributed by atoms with van der Waals surface area (Å²) < 4.78 is 34.2. The van der Waals surface area contributed by atoms with Crippen molar-refractivity contribution in [2.75, 3.05) is 18.0 Å². The molecule has 0 spiro atoms. The van der Waals surface area contributed by atoms with Crippen molar-refractivity contribution in [1.82, 2.24) is 10.2 Å². The van der Waals surface area contributed by atoms with Crippen LogP contribution in [0.4, 0.5) is 5.69 Å². The van der Waals surface area contributed by atoms with Crippen molar-refractivity contribution in [3.8, 4) is 5.75 Å². The molecule has 0 saturated heterocycles. The fourth-order valence-electron chi connectivity index (χ4n) is 4.92. The molecular weight excluding hydrogens is 597 g/mol. The number of methoxy groups -OCH3 is 1. The normalized spacial score (nSPS) is 14.3. The third-order valence-corrected chi connectivity index (χ3v) is 9.98. The van der Waals surface area contributed by atoms with Gasteiger partial charge in [0.25, 0.3) is 10.0 Å². The van der Waals surface area contributed by atoms with Gasteiger partial charge < -0.3 is 15.0 Å². The highest BCUT2D eigenvalue weighted by Gasteiger charge is 2.33. The van der Waals surface area contributed by atoms with Crippen LogP contribution in [0.25, 0.3) is 0 Å². The number of anilines is 1. The average molecular weight is 633 g/mol. The minimum Gasteiger partial charge on any atom is -0.497 e. The lowest BCUT2D eigenvalue weighted by Crippen LogP contribution is -2.52. The largest absolute Gasteiger partial charge is 0.497 e. The molecule has 8 nitrogen and oxygen atoms in total. The van der Waals surface area contributed by atoms with E-state index < -0.39 is 28.5 Å². The molecule has 0 bridgehead atoms. The van der Waals surface area contributed by atoms with Gasteiger partial charge in [0.05, 0.1) is 27.7 Å². The number of hydrogen-bond acceptors (Lipinski definition) is 5. The Morgan fingerprint density at radius 3 is 2.21 bits per heavy atom. The van der Waals surface area contributed by atoms with Gasteiger partial charge in [-0.1, -0.05) is 59.8 Å². The lowest BCUT2D eigenvalue weighted by Gasteiger charge is -2.32. The number of nitrogens with one attached hydrogen (secondary N) is 1. The highest BCUT2D eigenvalue weighted by molar-refractivity contribution is 7.92. The number of rotatable bonds is 11. The highest BCUT2D eigenvalue weighted by atomic mass is 35.5. The summed E-state index contributed by atoms with van der Waals surface area (Å²) in [5, 5.41) is 3.73. The topological polar surface area (TPSA) is 96.0 Å². The molecule has 3 aromatic rings. The van der Waals surface area contributed by atoms with Crippen molar-refractivity contribution in [2.24, 2.45) is 0 Å². The number of hydrogen-bond donors (Lipinski definition) is 1. The summed E-state index contributed by atoms with van der Waals surface area (Å²) in [6.45, 7) is 2.99. The molecule has 1 atom stereocenters. The fourth-order valence-corrected chi connectivity index (χ4v) is 6.66. The summed E-state index contributed by atoms with van der Waals surface area (Å²) in [6.07, 6.45) is 3.86. The minimum absolute atomic E-state index is 0.0238. The first-order valence-corrected chi connectivity index (χ1v) is 16.0. The van der Waals surface area contributed by atoms with Crippen LogP contribution in [0.5, 0.6) is 5.75 Å². The Kier molecular flexibility index (Phi) is 10.4. The molecule has 0 aliphatic heterocycles. The van der Waals surface area contributed by atoms with Gasteiger partial charge in [-0.3, -0.25) is 13.9 Å². The number of carbonyl (C=O) groups excluding carboxylic acids is 2. The van der Waals surface area contributed by atoms with Crippen LogP contribution in [0.3, 0.4) is 0 Å². The lowest BCUT2D eigenvalue weighted by molar-refractivity contribution is -0.139. The summed E-state index contributed by atoms with van der Waals surface area (Å²) in [4.78, 5) is 28.8. The molecule has 4 rings (SSSR count). The molecule has 1 saturated carbocycles. The Hall–Kier alpha value is -3.27. The maximum Gasteiger partial charge on any atom is 0.264 e. The summed E-state index contributed by atoms with van der Waals surface area (Å²) in [5.74, 6) is -0.314. The second kappa shape index (κ2) is 13.8. The van der Waals surface area contributed by atoms with Crippen molar-refractivity contribution in [2.45, 2.75) is 63.1 Å². The molecule has 1 N–H and O–H groups in total. The zero-order valence-electron chi connectivity index (χ0n) is 23.8. The number of amides is 2. The van der Waals surface area contributed by atoms with Crippen LogP contribution in [0.2, 0.25) is 10.0 Å². The predicted octanol–water partition coefficient (Wildman–Crippen LogP) is 5.98. The fraction of sp³-hybridized carbons (Fsp3) is 0.355. The Morgan fingerprint density at radius 1 is 0.976 bits per heavy atom. The molecule has 0 aromatic heterocycles. The van der Waals surface area contributed by atoms with E-state index in [0.717, 1.165) is 35.6 Å². The molecule has 0 heterocycles. The Morgan fingerprint density at radius 2 is 1.62 bits per heavy atom. The van der Waals surface area contributed by atoms with Crippen LogP contribution in [0.15, 0.2) is 71.6 Å². The zero-order valence-corrected chi connectivity index (χ0v) is 26.2. The SMILES string of the molecule is COc1ccc(N(CC(=O)N(Cc2ccc(Cl)c(Cl)c2)[C@H](C)C(=O)NC2CCCC2)S(=O)(=O)c2ccc(C)cc2)cc1. The van der Waals surface area contributed by atoms with Crippen LogP contribution in [0.1, 0.15) is 43.7 Å². The molecule has 2 amide bonds. The van der Waals surface area contributed by atoms with Gasteiger partial charge in [0, 0.05) is 12.6 Å². The van der Waals surface area contributed by atoms with E-state index in [1.54, 1.807) is 61.5 Å². The number of benzene rings is 3. The highest BCUT2D eigenvalue weighted by Crippen LogP contribution is 2.28. The summed E-state index contributed by atoms with van der Waals surface area (Å²) in [6, 6.07) is 17.0. The Labute approximate surface area is 257 Å². The summed E-state index contributed by atoms with van der Waals surface area (Å²) in [7, 11) is -2.65. The molecule has 0 unspecified atom stereocenters. The van der Waals surface area contributed by atoms with Gasteiger partial charge in [0.1, 0.15) is 18.3 Å². The van der Waals surface area contributed by atoms with Crippen molar-refractivity contribution in [3.05, 3.63) is 87.9 Å². The average Bonchev–Trinajstić information content (AvgIpc) is 3.49. The molecule has 11 heteroatoms. The summed E-state index contributed by atoms with van der Waals surface area (Å²) in [5.41, 5.74) is 1.83. The number of aryl methyl sites for hydroxylation is 1. The third kappa shape index (κ3) is 7.56. The van der Waals surface area contributed by atoms with Gasteiger partial charge in [0.15, 0.2) is 0 Å². The van der Waals surface area contributed by atoms with E-state index in [0.29, 0.717) is 21.4 Å². The molecule has 42 heavy (non-hydrogen) atoms. The smallest absolute Gasteiger partial charge is 0.264 e. The number of ether oxygens (including phenoxy) is 1. The maximum absolute atomic E-state index is 14.1. The molecule has 3 aromatic carbocycles. The van der Waals surface area contributed by atoms with Crippen LogP contribution >= 0.6 is 23.2 Å². The van der Waals surface area contributed by atoms with Crippen molar-refractivity contribution in [1.29, 1.82) is 0 Å². The Balaban J connectivity index is 1.70. The number of halogens is 2. The van der Waals surface area contributed by atoms with E-state index in [1.807, 2.05) is 6.92 Å². The molecular formula is C31H35Cl2N3O5S. The van der Waals surface area contributed by atoms with E-state index in [2.05, 4.69) is 5.32 Å². The molecule has 0 radical (unpaired) electrons. The second-order valence-corrected chi connectivity index (χ2v) is 13.1. The molecule has 1 aliphatic rings. The van der Waals surface area contributed by atoms with Gasteiger partial charge in [-0.05, 0) is 80.8 Å². The Bertz CT molecular complexity index is 1510. The quantitative estimate of drug-likeness (QED) is 0.281. The lowest BCUT2D eigenvalue weighted by atomic mass is 10.1. The molecule has 224 valence electrons. The first-order valence-electron chi connectivity index (χ1n) is 13.8. The van der Waals surface area contributed by atoms with Crippen LogP contribution < -0.4 is 14.4 Å². The number of carbonyl (C=O) groups is 2. The van der Waals surface area contributed by atoms with Crippen LogP contribution in [0, 0.1) is 6.92 Å². The summed E-state index contributed by atoms with van der Waals surface area (Å²) >= 11 is 12.4. The van der Waals surface area contributed by atoms with Gasteiger partial charge >= 0.3 is 0 Å². The van der Waals surface area contributed by atoms with E-state index in [4.69, 9.17) is 27.9 Å². The third-order valence-electron chi connectivity index (χ3n) is 7.45. The zero-order chi connectivity index (χ0) is 30.4. The number of sulfonamides is 1. The van der Waals surface area contributed by atoms with Gasteiger partial charge in [-0.2, -0.15) is 0 Å². The number of nitrogens with zero attached hydrogens (tertiary/aromatic N) is 2. The van der Waals surface area contributed by atoms with Gasteiger partial charge in [-0.25, -0.2) is 8.42 Å². The predicted molar refractivity (Wildman–Crippen MR) is 166 cm³/mol. The van der Waals surface area contributed by atoms with E-state index >= 15 is 0 Å². The van der Waals surface area contributed by atoms with E-state index in [-0.39, 0.29) is 29.1 Å². The van der Waals surface area contributed by atoms with Crippen LogP contribution in [-0.2, 0) is 26.2 Å². The minimum atomic E-state index is -4.16.